The van der Waals surface area contributed by atoms with Crippen LogP contribution in [0.2, 0.25) is 0 Å². The molecule has 0 bridgehead atoms. The minimum atomic E-state index is -1.62. The largest absolute Gasteiger partial charge is 0.368 e. The van der Waals surface area contributed by atoms with Crippen molar-refractivity contribution < 1.29 is 60.0 Å². The van der Waals surface area contributed by atoms with Crippen molar-refractivity contribution in [1.82, 2.24) is 26.3 Å². The van der Waals surface area contributed by atoms with Gasteiger partial charge in [0.25, 0.3) is 0 Å². The van der Waals surface area contributed by atoms with Gasteiger partial charge in [-0.25, -0.2) is 0 Å². The molecular formula is C71H83N5O12. The zero-order valence-corrected chi connectivity index (χ0v) is 50.8. The molecule has 0 aliphatic heterocycles. The van der Waals surface area contributed by atoms with Gasteiger partial charge >= 0.3 is 0 Å². The number of pyridine rings is 1. The number of aliphatic hydroxyl groups excluding tert-OH is 4. The first-order valence-corrected chi connectivity index (χ1v) is 29.0. The number of nitrogens with zero attached hydrogens (tertiary/aromatic N) is 1. The number of aromatic nitrogens is 1. The standard InChI is InChI=1S/C23H23NO3.C19H23NO3.C17H19NO3.C12H18N2O3/c1-16-2-6-18(7-3-16)20-10-12-21(13-11-20)19-8-4-17(5-9-19)15-24-22(25)14-23(26)27;1-12-8-13(2)19(14(3)9-12)16-6-4-15(5-7-16)11-20-17(21)10-18(22)23;1-12-2-6-14(7-3-12)15-8-4-13(5-9-15)11-18-16(19)10-17(20)21;1-9-4-5-10(8-14-9)3-2-6-13-11(15)7-12(16)17/h2-13,23,26-27H,14-15H2,1H3,(H,24,25);4-9,18,22-23H,10-11H2,1-3H3,(H,20,21);2-9,17,20-21H,10-11H2,1H3,(H,18,19);4-5,8,12,16-17H,2-3,6-7H2,1H3,(H,13,15). The minimum absolute atomic E-state index is 0.272. The van der Waals surface area contributed by atoms with Crippen LogP contribution in [0.4, 0.5) is 0 Å². The summed E-state index contributed by atoms with van der Waals surface area (Å²) in [6, 6.07) is 57.5. The van der Waals surface area contributed by atoms with Crippen molar-refractivity contribution in [3.63, 3.8) is 0 Å². The van der Waals surface area contributed by atoms with Crippen molar-refractivity contribution >= 4 is 23.6 Å². The molecular weight excluding hydrogens is 1110 g/mol. The summed E-state index contributed by atoms with van der Waals surface area (Å²) in [6.07, 6.45) is -4.12. The van der Waals surface area contributed by atoms with E-state index in [4.69, 9.17) is 40.9 Å². The fourth-order valence-electron chi connectivity index (χ4n) is 9.12. The number of aryl methyl sites for hydroxylation is 7. The molecule has 0 spiro atoms. The maximum atomic E-state index is 11.5. The van der Waals surface area contributed by atoms with E-state index < -0.39 is 25.2 Å². The van der Waals surface area contributed by atoms with E-state index in [0.29, 0.717) is 26.2 Å². The van der Waals surface area contributed by atoms with Gasteiger partial charge in [-0.3, -0.25) is 24.2 Å². The van der Waals surface area contributed by atoms with Crippen molar-refractivity contribution in [1.29, 1.82) is 0 Å². The van der Waals surface area contributed by atoms with Gasteiger partial charge in [-0.2, -0.15) is 0 Å². The molecule has 1 heterocycles. The van der Waals surface area contributed by atoms with E-state index in [1.807, 2.05) is 98.0 Å². The molecule has 88 heavy (non-hydrogen) atoms. The molecule has 464 valence electrons. The van der Waals surface area contributed by atoms with Gasteiger partial charge in [0.1, 0.15) is 0 Å². The lowest BCUT2D eigenvalue weighted by molar-refractivity contribution is -0.130. The van der Waals surface area contributed by atoms with E-state index in [-0.39, 0.29) is 49.3 Å². The fraction of sp³-hybridized carbons (Fsp3) is 0.282. The van der Waals surface area contributed by atoms with Crippen LogP contribution in [0.25, 0.3) is 44.5 Å². The summed E-state index contributed by atoms with van der Waals surface area (Å²) in [5, 5.41) is 80.2. The molecule has 17 nitrogen and oxygen atoms in total. The summed E-state index contributed by atoms with van der Waals surface area (Å²) in [5.74, 6) is -1.50. The van der Waals surface area contributed by atoms with E-state index >= 15 is 0 Å². The zero-order valence-electron chi connectivity index (χ0n) is 50.8. The van der Waals surface area contributed by atoms with Gasteiger partial charge in [0.15, 0.2) is 25.2 Å². The highest BCUT2D eigenvalue weighted by molar-refractivity contribution is 5.78. The Morgan fingerprint density at radius 3 is 0.943 bits per heavy atom. The number of amides is 4. The first-order chi connectivity index (χ1) is 42.0. The second kappa shape index (κ2) is 36.4. The number of carbonyl (C=O) groups is 4. The average Bonchev–Trinajstić information content (AvgIpc) is 2.11. The van der Waals surface area contributed by atoms with Gasteiger partial charge in [0, 0.05) is 38.1 Å². The van der Waals surface area contributed by atoms with Crippen molar-refractivity contribution in [2.24, 2.45) is 0 Å². The molecule has 0 radical (unpaired) electrons. The van der Waals surface area contributed by atoms with Crippen LogP contribution >= 0.6 is 0 Å². The van der Waals surface area contributed by atoms with Gasteiger partial charge in [-0.15, -0.1) is 0 Å². The van der Waals surface area contributed by atoms with Gasteiger partial charge in [0.2, 0.25) is 23.6 Å². The Hall–Kier alpha value is -8.75. The number of carbonyl (C=O) groups excluding carboxylic acids is 4. The van der Waals surface area contributed by atoms with E-state index in [1.54, 1.807) is 0 Å². The lowest BCUT2D eigenvalue weighted by Gasteiger charge is -2.12. The highest BCUT2D eigenvalue weighted by Crippen LogP contribution is 2.29. The van der Waals surface area contributed by atoms with Gasteiger partial charge in [0.05, 0.1) is 25.7 Å². The highest BCUT2D eigenvalue weighted by Gasteiger charge is 2.12. The van der Waals surface area contributed by atoms with Crippen LogP contribution in [0.3, 0.4) is 0 Å². The van der Waals surface area contributed by atoms with Crippen LogP contribution in [0.1, 0.15) is 87.9 Å². The normalized spacial score (nSPS) is 10.8. The fourth-order valence-corrected chi connectivity index (χ4v) is 9.12. The molecule has 12 N–H and O–H groups in total. The average molecular weight is 1200 g/mol. The molecule has 17 heteroatoms. The Balaban J connectivity index is 0.000000217. The molecule has 8 rings (SSSR count). The van der Waals surface area contributed by atoms with Crippen LogP contribution < -0.4 is 21.3 Å². The number of benzene rings is 7. The van der Waals surface area contributed by atoms with Gasteiger partial charge in [-0.1, -0.05) is 180 Å². The first-order valence-electron chi connectivity index (χ1n) is 29.0. The van der Waals surface area contributed by atoms with E-state index in [9.17, 15) is 19.2 Å². The second-order valence-corrected chi connectivity index (χ2v) is 21.5. The molecule has 0 unspecified atom stereocenters. The van der Waals surface area contributed by atoms with Gasteiger partial charge in [-0.05, 0) is 138 Å². The zero-order chi connectivity index (χ0) is 64.1. The SMILES string of the molecule is Cc1cc(C)c(-c2ccc(CNC(=O)CC(O)O)cc2)c(C)c1.Cc1ccc(-c2ccc(-c3ccc(CNC(=O)CC(O)O)cc3)cc2)cc1.Cc1ccc(-c2ccc(CNC(=O)CC(O)O)cc2)cc1.Cc1ccc(CCCNC(=O)CC(O)O)cn1. The van der Waals surface area contributed by atoms with Crippen LogP contribution in [-0.2, 0) is 45.2 Å². The van der Waals surface area contributed by atoms with E-state index in [1.165, 1.54) is 44.5 Å². The molecule has 0 fully saturated rings. The number of hydrogen-bond acceptors (Lipinski definition) is 13. The number of nitrogens with one attached hydrogen (secondary N) is 4. The third-order valence-electron chi connectivity index (χ3n) is 13.7. The maximum absolute atomic E-state index is 11.5. The quantitative estimate of drug-likeness (QED) is 0.0225. The van der Waals surface area contributed by atoms with Crippen LogP contribution in [-0.4, -0.2) is 101 Å². The Morgan fingerprint density at radius 1 is 0.352 bits per heavy atom. The number of aliphatic hydroxyl groups is 8. The number of rotatable bonds is 22. The third kappa shape index (κ3) is 26.1. The lowest BCUT2D eigenvalue weighted by atomic mass is 9.93. The predicted molar refractivity (Wildman–Crippen MR) is 342 cm³/mol. The summed E-state index contributed by atoms with van der Waals surface area (Å²) in [6.45, 7) is 14.0. The molecule has 8 aromatic rings. The van der Waals surface area contributed by atoms with Crippen LogP contribution in [0.15, 0.2) is 176 Å². The molecule has 0 atom stereocenters. The Bertz CT molecular complexity index is 3390. The Kier molecular flexibility index (Phi) is 29.0. The van der Waals surface area contributed by atoms with Crippen LogP contribution in [0, 0.1) is 41.5 Å². The monoisotopic (exact) mass is 1200 g/mol. The molecule has 0 aliphatic carbocycles. The summed E-state index contributed by atoms with van der Waals surface area (Å²) >= 11 is 0. The lowest BCUT2D eigenvalue weighted by Crippen LogP contribution is -2.28. The second-order valence-electron chi connectivity index (χ2n) is 21.5. The van der Waals surface area contributed by atoms with E-state index in [0.717, 1.165) is 68.6 Å². The third-order valence-corrected chi connectivity index (χ3v) is 13.7. The summed E-state index contributed by atoms with van der Waals surface area (Å²) in [7, 11) is 0. The Morgan fingerprint density at radius 2 is 0.636 bits per heavy atom. The van der Waals surface area contributed by atoms with Crippen molar-refractivity contribution in [2.75, 3.05) is 6.54 Å². The molecule has 0 aliphatic rings. The summed E-state index contributed by atoms with van der Waals surface area (Å²) in [4.78, 5) is 49.4. The first kappa shape index (κ1) is 70.0. The molecule has 7 aromatic carbocycles. The smallest absolute Gasteiger partial charge is 0.225 e. The number of hydrogen-bond donors (Lipinski definition) is 12. The van der Waals surface area contributed by atoms with E-state index in [2.05, 4.69) is 146 Å². The molecule has 0 saturated carbocycles. The van der Waals surface area contributed by atoms with Crippen LogP contribution in [0.5, 0.6) is 0 Å². The topological polar surface area (TPSA) is 291 Å². The van der Waals surface area contributed by atoms with Gasteiger partial charge < -0.3 is 62.1 Å². The van der Waals surface area contributed by atoms with Crippen molar-refractivity contribution in [2.45, 2.75) is 125 Å². The molecule has 0 saturated heterocycles. The predicted octanol–water partition coefficient (Wildman–Crippen LogP) is 8.36. The summed E-state index contributed by atoms with van der Waals surface area (Å²) in [5.41, 5.74) is 20.5. The summed E-state index contributed by atoms with van der Waals surface area (Å²) < 4.78 is 0. The minimum Gasteiger partial charge on any atom is -0.368 e. The van der Waals surface area contributed by atoms with Crippen molar-refractivity contribution in [3.8, 4) is 44.5 Å². The molecule has 1 aromatic heterocycles. The highest BCUT2D eigenvalue weighted by atomic mass is 16.5. The maximum Gasteiger partial charge on any atom is 0.225 e. The van der Waals surface area contributed by atoms with Crippen molar-refractivity contribution in [3.05, 3.63) is 232 Å². The Labute approximate surface area is 515 Å². The molecule has 4 amide bonds.